The Kier molecular flexibility index (Phi) is 4.45. The fraction of sp³-hybridized carbons (Fsp3) is 0.160. The topological polar surface area (TPSA) is 80.5 Å². The smallest absolute Gasteiger partial charge is 0.229 e. The van der Waals surface area contributed by atoms with Crippen LogP contribution in [0.2, 0.25) is 0 Å². The summed E-state index contributed by atoms with van der Waals surface area (Å²) in [4.78, 5) is 7.23. The van der Waals surface area contributed by atoms with Crippen LogP contribution in [0.15, 0.2) is 82.7 Å². The summed E-state index contributed by atoms with van der Waals surface area (Å²) >= 11 is 0. The van der Waals surface area contributed by atoms with Crippen LogP contribution in [-0.4, -0.2) is 34.8 Å². The first-order valence-corrected chi connectivity index (χ1v) is 12.3. The fourth-order valence-electron chi connectivity index (χ4n) is 4.49. The number of aryl methyl sites for hydroxylation is 2. The van der Waals surface area contributed by atoms with Crippen molar-refractivity contribution in [2.45, 2.75) is 29.7 Å². The van der Waals surface area contributed by atoms with Crippen LogP contribution in [0.3, 0.4) is 0 Å². The van der Waals surface area contributed by atoms with E-state index in [4.69, 9.17) is 4.98 Å². The Morgan fingerprint density at radius 1 is 0.909 bits per heavy atom. The van der Waals surface area contributed by atoms with E-state index in [-0.39, 0.29) is 15.6 Å². The molecule has 0 radical (unpaired) electrons. The minimum absolute atomic E-state index is 0.136. The van der Waals surface area contributed by atoms with E-state index in [9.17, 15) is 8.42 Å². The van der Waals surface area contributed by atoms with Gasteiger partial charge in [-0.05, 0) is 55.7 Å². The Hall–Kier alpha value is -3.78. The molecule has 0 amide bonds. The average molecular weight is 456 g/mol. The molecular formula is C25H21N5O2S. The number of para-hydroxylation sites is 2. The van der Waals surface area contributed by atoms with Gasteiger partial charge < -0.3 is 4.90 Å². The number of rotatable bonds is 3. The van der Waals surface area contributed by atoms with Gasteiger partial charge in [-0.1, -0.05) is 53.2 Å². The standard InChI is InChI=1S/C25H21N5O2S/c1-17-12-14-19(15-13-17)33(31,32)25-24-26-23(20-9-3-5-11-22(20)30(24)28-27-25)29-16-6-8-18-7-2-4-10-21(18)29/h2-5,7,9-15H,6,8,16H2,1H3. The van der Waals surface area contributed by atoms with E-state index in [0.717, 1.165) is 41.5 Å². The molecule has 0 N–H and O–H groups in total. The third-order valence-corrected chi connectivity index (χ3v) is 7.82. The Morgan fingerprint density at radius 2 is 1.67 bits per heavy atom. The van der Waals surface area contributed by atoms with Crippen molar-refractivity contribution in [3.8, 4) is 0 Å². The van der Waals surface area contributed by atoms with Crippen molar-refractivity contribution in [1.82, 2.24) is 19.8 Å². The van der Waals surface area contributed by atoms with Crippen molar-refractivity contribution in [2.75, 3.05) is 11.4 Å². The van der Waals surface area contributed by atoms with E-state index < -0.39 is 9.84 Å². The molecule has 0 saturated carbocycles. The van der Waals surface area contributed by atoms with Gasteiger partial charge in [0.1, 0.15) is 5.82 Å². The van der Waals surface area contributed by atoms with Gasteiger partial charge in [0.05, 0.1) is 10.4 Å². The summed E-state index contributed by atoms with van der Waals surface area (Å²) in [7, 11) is -3.89. The zero-order chi connectivity index (χ0) is 22.6. The molecule has 164 valence electrons. The highest BCUT2D eigenvalue weighted by molar-refractivity contribution is 7.91. The molecule has 6 rings (SSSR count). The lowest BCUT2D eigenvalue weighted by molar-refractivity contribution is 0.592. The molecule has 33 heavy (non-hydrogen) atoms. The molecule has 3 heterocycles. The third-order valence-electron chi connectivity index (χ3n) is 6.15. The van der Waals surface area contributed by atoms with Crippen LogP contribution in [0.25, 0.3) is 16.6 Å². The van der Waals surface area contributed by atoms with E-state index in [1.165, 1.54) is 10.1 Å². The molecule has 0 unspecified atom stereocenters. The van der Waals surface area contributed by atoms with Crippen molar-refractivity contribution in [3.63, 3.8) is 0 Å². The number of anilines is 2. The first kappa shape index (κ1) is 19.9. The highest BCUT2D eigenvalue weighted by Gasteiger charge is 2.29. The van der Waals surface area contributed by atoms with Crippen LogP contribution in [0.4, 0.5) is 11.5 Å². The number of hydrogen-bond acceptors (Lipinski definition) is 6. The lowest BCUT2D eigenvalue weighted by atomic mass is 10.0. The zero-order valence-corrected chi connectivity index (χ0v) is 18.8. The fourth-order valence-corrected chi connectivity index (χ4v) is 5.72. The number of fused-ring (bicyclic) bond motifs is 4. The lowest BCUT2D eigenvalue weighted by Gasteiger charge is -2.31. The molecule has 0 fully saturated rings. The van der Waals surface area contributed by atoms with Gasteiger partial charge in [-0.25, -0.2) is 13.4 Å². The van der Waals surface area contributed by atoms with Crippen LogP contribution in [0.5, 0.6) is 0 Å². The molecule has 0 bridgehead atoms. The van der Waals surface area contributed by atoms with Gasteiger partial charge in [-0.15, -0.1) is 5.10 Å². The maximum atomic E-state index is 13.5. The van der Waals surface area contributed by atoms with E-state index in [2.05, 4.69) is 27.3 Å². The molecule has 7 nitrogen and oxygen atoms in total. The summed E-state index contributed by atoms with van der Waals surface area (Å²) in [6, 6.07) is 22.8. The van der Waals surface area contributed by atoms with Crippen molar-refractivity contribution >= 4 is 37.9 Å². The van der Waals surface area contributed by atoms with Gasteiger partial charge in [0.25, 0.3) is 0 Å². The van der Waals surface area contributed by atoms with Crippen LogP contribution in [0.1, 0.15) is 17.5 Å². The van der Waals surface area contributed by atoms with Crippen LogP contribution in [0, 0.1) is 6.92 Å². The van der Waals surface area contributed by atoms with E-state index >= 15 is 0 Å². The molecule has 0 spiro atoms. The SMILES string of the molecule is Cc1ccc(S(=O)(=O)c2nnn3c2nc(N2CCCc4ccccc42)c2ccccc23)cc1. The number of sulfone groups is 1. The zero-order valence-electron chi connectivity index (χ0n) is 18.0. The second-order valence-electron chi connectivity index (χ2n) is 8.28. The normalized spacial score (nSPS) is 14.0. The molecular weight excluding hydrogens is 434 g/mol. The maximum Gasteiger partial charge on any atom is 0.229 e. The van der Waals surface area contributed by atoms with Gasteiger partial charge in [0.2, 0.25) is 14.9 Å². The summed E-state index contributed by atoms with van der Waals surface area (Å²) in [6.07, 6.45) is 2.00. The van der Waals surface area contributed by atoms with Crippen molar-refractivity contribution in [1.29, 1.82) is 0 Å². The maximum absolute atomic E-state index is 13.5. The summed E-state index contributed by atoms with van der Waals surface area (Å²) in [5.41, 5.74) is 4.33. The third kappa shape index (κ3) is 3.09. The molecule has 0 aliphatic carbocycles. The van der Waals surface area contributed by atoms with E-state index in [0.29, 0.717) is 5.82 Å². The molecule has 1 aliphatic heterocycles. The summed E-state index contributed by atoms with van der Waals surface area (Å²) < 4.78 is 28.5. The first-order valence-electron chi connectivity index (χ1n) is 10.9. The average Bonchev–Trinajstić information content (AvgIpc) is 3.29. The predicted molar refractivity (Wildman–Crippen MR) is 127 cm³/mol. The Labute approximate surface area is 191 Å². The Morgan fingerprint density at radius 3 is 2.52 bits per heavy atom. The van der Waals surface area contributed by atoms with Crippen LogP contribution in [-0.2, 0) is 16.3 Å². The summed E-state index contributed by atoms with van der Waals surface area (Å²) in [5, 5.41) is 9.04. The first-order chi connectivity index (χ1) is 16.0. The second kappa shape index (κ2) is 7.38. The molecule has 1 aliphatic rings. The molecule has 0 atom stereocenters. The highest BCUT2D eigenvalue weighted by Crippen LogP contribution is 2.37. The van der Waals surface area contributed by atoms with Crippen LogP contribution >= 0.6 is 0 Å². The largest absolute Gasteiger partial charge is 0.325 e. The molecule has 8 heteroatoms. The van der Waals surface area contributed by atoms with Gasteiger partial charge in [0.15, 0.2) is 5.65 Å². The molecule has 2 aromatic heterocycles. The quantitative estimate of drug-likeness (QED) is 0.398. The van der Waals surface area contributed by atoms with Gasteiger partial charge in [0, 0.05) is 17.6 Å². The van der Waals surface area contributed by atoms with Crippen molar-refractivity contribution in [3.05, 3.63) is 83.9 Å². The van der Waals surface area contributed by atoms with Crippen LogP contribution < -0.4 is 4.90 Å². The van der Waals surface area contributed by atoms with E-state index in [1.807, 2.05) is 43.3 Å². The molecule has 0 saturated heterocycles. The summed E-state index contributed by atoms with van der Waals surface area (Å²) in [6.45, 7) is 2.71. The second-order valence-corrected chi connectivity index (χ2v) is 10.1. The Bertz CT molecular complexity index is 1620. The van der Waals surface area contributed by atoms with Gasteiger partial charge in [-0.3, -0.25) is 0 Å². The minimum Gasteiger partial charge on any atom is -0.325 e. The number of benzene rings is 3. The van der Waals surface area contributed by atoms with Gasteiger partial charge in [-0.2, -0.15) is 4.52 Å². The minimum atomic E-state index is -3.89. The van der Waals surface area contributed by atoms with Gasteiger partial charge >= 0.3 is 0 Å². The van der Waals surface area contributed by atoms with E-state index in [1.54, 1.807) is 24.3 Å². The highest BCUT2D eigenvalue weighted by atomic mass is 32.2. The lowest BCUT2D eigenvalue weighted by Crippen LogP contribution is -2.26. The molecule has 3 aromatic carbocycles. The predicted octanol–water partition coefficient (Wildman–Crippen LogP) is 4.50. The summed E-state index contributed by atoms with van der Waals surface area (Å²) in [5.74, 6) is 0.716. The number of nitrogens with zero attached hydrogens (tertiary/aromatic N) is 5. The molecule has 5 aromatic rings. The number of aromatic nitrogens is 4. The van der Waals surface area contributed by atoms with Crippen molar-refractivity contribution < 1.29 is 8.42 Å². The Balaban J connectivity index is 1.63. The monoisotopic (exact) mass is 455 g/mol. The van der Waals surface area contributed by atoms with Crippen molar-refractivity contribution in [2.24, 2.45) is 0 Å². The number of hydrogen-bond donors (Lipinski definition) is 0.